The Hall–Kier alpha value is -4.30. The van der Waals surface area contributed by atoms with Gasteiger partial charge in [0.25, 0.3) is 11.7 Å². The number of aromatic hydroxyl groups is 1. The second-order valence-electron chi connectivity index (χ2n) is 8.72. The molecule has 0 radical (unpaired) electrons. The van der Waals surface area contributed by atoms with Crippen LogP contribution in [0.5, 0.6) is 17.2 Å². The summed E-state index contributed by atoms with van der Waals surface area (Å²) in [4.78, 5) is 27.4. The molecule has 0 bridgehead atoms. The molecule has 0 aliphatic carbocycles. The van der Waals surface area contributed by atoms with E-state index in [0.29, 0.717) is 23.5 Å². The summed E-state index contributed by atoms with van der Waals surface area (Å²) in [5.74, 6) is -1.15. The van der Waals surface area contributed by atoms with E-state index >= 15 is 0 Å². The lowest BCUT2D eigenvalue weighted by Gasteiger charge is -2.25. The Balaban J connectivity index is 1.67. The number of aryl methyl sites for hydroxylation is 1. The van der Waals surface area contributed by atoms with Gasteiger partial charge in [0.15, 0.2) is 11.5 Å². The van der Waals surface area contributed by atoms with Gasteiger partial charge in [0.05, 0.1) is 25.3 Å². The normalized spacial score (nSPS) is 16.7. The van der Waals surface area contributed by atoms with Gasteiger partial charge >= 0.3 is 0 Å². The molecule has 1 saturated heterocycles. The fourth-order valence-corrected chi connectivity index (χ4v) is 4.34. The molecule has 8 heteroatoms. The van der Waals surface area contributed by atoms with Crippen molar-refractivity contribution in [1.29, 1.82) is 0 Å². The number of likely N-dealkylation sites (tertiary alicyclic amines) is 1. The van der Waals surface area contributed by atoms with Crippen LogP contribution < -0.4 is 9.47 Å². The van der Waals surface area contributed by atoms with E-state index in [1.807, 2.05) is 31.2 Å². The lowest BCUT2D eigenvalue weighted by Crippen LogP contribution is -2.32. The highest BCUT2D eigenvalue weighted by Gasteiger charge is 2.46. The standard InChI is InChI=1S/C29H29NO7/c1-18-5-4-6-19(15-18)17-37-22-10-7-20(8-11-22)27(32)25-26(21-9-12-23(31)24(16-21)36-3)30(13-14-35-2)29(34)28(25)33/h4-12,15-16,26,31-32H,13-14,17H2,1-3H3/t26-/m1/s1. The van der Waals surface area contributed by atoms with Crippen molar-refractivity contribution in [2.45, 2.75) is 19.6 Å². The highest BCUT2D eigenvalue weighted by atomic mass is 16.5. The van der Waals surface area contributed by atoms with E-state index in [0.717, 1.165) is 11.1 Å². The molecule has 3 aromatic carbocycles. The zero-order valence-electron chi connectivity index (χ0n) is 20.9. The van der Waals surface area contributed by atoms with Crippen molar-refractivity contribution in [3.05, 3.63) is 94.6 Å². The number of hydrogen-bond donors (Lipinski definition) is 2. The van der Waals surface area contributed by atoms with Crippen LogP contribution in [0.15, 0.2) is 72.3 Å². The molecule has 37 heavy (non-hydrogen) atoms. The summed E-state index contributed by atoms with van der Waals surface area (Å²) in [6, 6.07) is 18.3. The number of aliphatic hydroxyl groups is 1. The Labute approximate surface area is 215 Å². The minimum atomic E-state index is -0.887. The molecule has 1 fully saturated rings. The number of Topliss-reactive ketones (excluding diaryl/α,β-unsaturated/α-hetero) is 1. The SMILES string of the molecule is COCCN1C(=O)C(=O)C(=C(O)c2ccc(OCc3cccc(C)c3)cc2)[C@H]1c1ccc(O)c(OC)c1. The van der Waals surface area contributed by atoms with Crippen molar-refractivity contribution < 1.29 is 34.0 Å². The van der Waals surface area contributed by atoms with Crippen LogP contribution in [0.3, 0.4) is 0 Å². The number of phenolic OH excluding ortho intramolecular Hbond substituents is 1. The third-order valence-corrected chi connectivity index (χ3v) is 6.21. The van der Waals surface area contributed by atoms with Gasteiger partial charge in [0, 0.05) is 19.2 Å². The molecule has 1 aliphatic heterocycles. The van der Waals surface area contributed by atoms with Crippen molar-refractivity contribution in [1.82, 2.24) is 4.90 Å². The summed E-state index contributed by atoms with van der Waals surface area (Å²) in [5.41, 5.74) is 2.99. The minimum Gasteiger partial charge on any atom is -0.507 e. The molecule has 2 N–H and O–H groups in total. The van der Waals surface area contributed by atoms with E-state index in [9.17, 15) is 19.8 Å². The van der Waals surface area contributed by atoms with Crippen molar-refractivity contribution in [2.24, 2.45) is 0 Å². The molecule has 0 unspecified atom stereocenters. The molecular formula is C29H29NO7. The molecule has 0 saturated carbocycles. The van der Waals surface area contributed by atoms with Gasteiger partial charge in [0.2, 0.25) is 0 Å². The molecule has 192 valence electrons. The molecule has 1 heterocycles. The number of benzene rings is 3. The Morgan fingerprint density at radius 2 is 1.76 bits per heavy atom. The van der Waals surface area contributed by atoms with Gasteiger partial charge in [-0.2, -0.15) is 0 Å². The van der Waals surface area contributed by atoms with Crippen molar-refractivity contribution >= 4 is 17.4 Å². The fraction of sp³-hybridized carbons (Fsp3) is 0.241. The second kappa shape index (κ2) is 11.2. The summed E-state index contributed by atoms with van der Waals surface area (Å²) < 4.78 is 16.2. The Kier molecular flexibility index (Phi) is 7.79. The number of amides is 1. The zero-order valence-corrected chi connectivity index (χ0v) is 20.9. The number of ether oxygens (including phenoxy) is 3. The number of hydrogen-bond acceptors (Lipinski definition) is 7. The molecule has 3 aromatic rings. The maximum atomic E-state index is 13.1. The molecule has 1 aliphatic rings. The first kappa shape index (κ1) is 25.8. The number of carbonyl (C=O) groups is 2. The van der Waals surface area contributed by atoms with Crippen molar-refractivity contribution in [2.75, 3.05) is 27.4 Å². The molecule has 1 atom stereocenters. The summed E-state index contributed by atoms with van der Waals surface area (Å²) in [6.45, 7) is 2.74. The average molecular weight is 504 g/mol. The van der Waals surface area contributed by atoms with Crippen LogP contribution in [0.4, 0.5) is 0 Å². The number of carbonyl (C=O) groups excluding carboxylic acids is 2. The second-order valence-corrected chi connectivity index (χ2v) is 8.72. The van der Waals surface area contributed by atoms with Crippen LogP contribution in [0.2, 0.25) is 0 Å². The third-order valence-electron chi connectivity index (χ3n) is 6.21. The number of nitrogens with zero attached hydrogens (tertiary/aromatic N) is 1. The smallest absolute Gasteiger partial charge is 0.295 e. The number of phenols is 1. The Morgan fingerprint density at radius 3 is 2.43 bits per heavy atom. The van der Waals surface area contributed by atoms with Gasteiger partial charge in [-0.1, -0.05) is 35.9 Å². The maximum Gasteiger partial charge on any atom is 0.295 e. The molecule has 0 aromatic heterocycles. The summed E-state index contributed by atoms with van der Waals surface area (Å²) in [7, 11) is 2.90. The molecular weight excluding hydrogens is 474 g/mol. The highest BCUT2D eigenvalue weighted by Crippen LogP contribution is 2.41. The predicted molar refractivity (Wildman–Crippen MR) is 137 cm³/mol. The van der Waals surface area contributed by atoms with Crippen LogP contribution in [0.1, 0.15) is 28.3 Å². The van der Waals surface area contributed by atoms with Crippen LogP contribution >= 0.6 is 0 Å². The molecule has 4 rings (SSSR count). The van der Waals surface area contributed by atoms with E-state index in [2.05, 4.69) is 0 Å². The zero-order chi connectivity index (χ0) is 26.5. The number of ketones is 1. The number of methoxy groups -OCH3 is 2. The summed E-state index contributed by atoms with van der Waals surface area (Å²) in [6.07, 6.45) is 0. The Bertz CT molecular complexity index is 1330. The van der Waals surface area contributed by atoms with E-state index < -0.39 is 17.7 Å². The van der Waals surface area contributed by atoms with Gasteiger partial charge in [0.1, 0.15) is 18.1 Å². The predicted octanol–water partition coefficient (Wildman–Crippen LogP) is 4.36. The molecule has 0 spiro atoms. The van der Waals surface area contributed by atoms with Gasteiger partial charge in [-0.3, -0.25) is 9.59 Å². The van der Waals surface area contributed by atoms with Crippen LogP contribution in [-0.4, -0.2) is 54.2 Å². The molecule has 8 nitrogen and oxygen atoms in total. The van der Waals surface area contributed by atoms with Crippen LogP contribution in [-0.2, 0) is 20.9 Å². The van der Waals surface area contributed by atoms with E-state index in [1.165, 1.54) is 25.2 Å². The van der Waals surface area contributed by atoms with Crippen molar-refractivity contribution in [3.63, 3.8) is 0 Å². The fourth-order valence-electron chi connectivity index (χ4n) is 4.34. The summed E-state index contributed by atoms with van der Waals surface area (Å²) >= 11 is 0. The summed E-state index contributed by atoms with van der Waals surface area (Å²) in [5, 5.41) is 21.3. The topological polar surface area (TPSA) is 106 Å². The molecule has 1 amide bonds. The quantitative estimate of drug-likeness (QED) is 0.254. The van der Waals surface area contributed by atoms with Gasteiger partial charge in [-0.25, -0.2) is 0 Å². The average Bonchev–Trinajstić information content (AvgIpc) is 3.16. The van der Waals surface area contributed by atoms with Gasteiger partial charge < -0.3 is 29.3 Å². The van der Waals surface area contributed by atoms with E-state index in [1.54, 1.807) is 36.4 Å². The van der Waals surface area contributed by atoms with Crippen molar-refractivity contribution in [3.8, 4) is 17.2 Å². The van der Waals surface area contributed by atoms with Gasteiger partial charge in [-0.05, 0) is 54.4 Å². The first-order chi connectivity index (χ1) is 17.8. The third kappa shape index (κ3) is 5.44. The first-order valence-corrected chi connectivity index (χ1v) is 11.8. The number of aliphatic hydroxyl groups excluding tert-OH is 1. The maximum absolute atomic E-state index is 13.1. The van der Waals surface area contributed by atoms with E-state index in [-0.39, 0.29) is 36.0 Å². The Morgan fingerprint density at radius 1 is 1.00 bits per heavy atom. The first-order valence-electron chi connectivity index (χ1n) is 11.8. The minimum absolute atomic E-state index is 0.0534. The van der Waals surface area contributed by atoms with Crippen LogP contribution in [0, 0.1) is 6.92 Å². The number of rotatable bonds is 9. The van der Waals surface area contributed by atoms with Gasteiger partial charge in [-0.15, -0.1) is 0 Å². The van der Waals surface area contributed by atoms with Crippen LogP contribution in [0.25, 0.3) is 5.76 Å². The van der Waals surface area contributed by atoms with E-state index in [4.69, 9.17) is 14.2 Å². The monoisotopic (exact) mass is 503 g/mol. The largest absolute Gasteiger partial charge is 0.507 e. The lowest BCUT2D eigenvalue weighted by atomic mass is 9.95. The highest BCUT2D eigenvalue weighted by molar-refractivity contribution is 6.46. The lowest BCUT2D eigenvalue weighted by molar-refractivity contribution is -0.140.